The number of carbonyl (C=O) groups excluding carboxylic acids is 1. The molecule has 2 aromatic carbocycles. The van der Waals surface area contributed by atoms with Gasteiger partial charge in [0.05, 0.1) is 29.8 Å². The predicted octanol–water partition coefficient (Wildman–Crippen LogP) is 2.79. The zero-order chi connectivity index (χ0) is 16.4. The molecule has 0 bridgehead atoms. The van der Waals surface area contributed by atoms with E-state index < -0.39 is 0 Å². The van der Waals surface area contributed by atoms with E-state index in [9.17, 15) is 4.79 Å². The zero-order valence-electron chi connectivity index (χ0n) is 13.0. The van der Waals surface area contributed by atoms with E-state index in [0.29, 0.717) is 34.0 Å². The number of nitrogens with two attached hydrogens (primary N) is 1. The minimum absolute atomic E-state index is 0.239. The summed E-state index contributed by atoms with van der Waals surface area (Å²) in [4.78, 5) is 12.8. The molecule has 0 atom stereocenters. The van der Waals surface area contributed by atoms with Crippen molar-refractivity contribution in [2.45, 2.75) is 6.92 Å². The molecule has 0 aromatic heterocycles. The second kappa shape index (κ2) is 5.96. The Morgan fingerprint density at radius 1 is 1.09 bits per heavy atom. The molecule has 5 heteroatoms. The number of amides is 1. The number of methoxy groups -OCH3 is 1. The molecule has 0 saturated heterocycles. The highest BCUT2D eigenvalue weighted by atomic mass is 16.5. The molecule has 0 unspecified atom stereocenters. The van der Waals surface area contributed by atoms with Gasteiger partial charge in [0, 0.05) is 5.56 Å². The van der Waals surface area contributed by atoms with Gasteiger partial charge in [0.25, 0.3) is 5.91 Å². The van der Waals surface area contributed by atoms with Crippen molar-refractivity contribution in [3.63, 3.8) is 0 Å². The highest BCUT2D eigenvalue weighted by molar-refractivity contribution is 6.33. The SMILES string of the molecule is COc1ccccc1C(N)=C1C(=O)N(c2ccccc2)N=C1C. The van der Waals surface area contributed by atoms with E-state index in [4.69, 9.17) is 10.5 Å². The fraction of sp³-hybridized carbons (Fsp3) is 0.111. The largest absolute Gasteiger partial charge is 0.496 e. The Kier molecular flexibility index (Phi) is 3.85. The Morgan fingerprint density at radius 3 is 2.43 bits per heavy atom. The van der Waals surface area contributed by atoms with Crippen molar-refractivity contribution in [1.82, 2.24) is 0 Å². The maximum atomic E-state index is 12.8. The van der Waals surface area contributed by atoms with Gasteiger partial charge in [-0.2, -0.15) is 10.1 Å². The van der Waals surface area contributed by atoms with Crippen LogP contribution in [-0.2, 0) is 4.79 Å². The van der Waals surface area contributed by atoms with Gasteiger partial charge >= 0.3 is 0 Å². The van der Waals surface area contributed by atoms with Crippen LogP contribution in [0.2, 0.25) is 0 Å². The molecule has 0 aliphatic carbocycles. The summed E-state index contributed by atoms with van der Waals surface area (Å²) in [5, 5.41) is 5.71. The van der Waals surface area contributed by atoms with Crippen LogP contribution < -0.4 is 15.5 Å². The van der Waals surface area contributed by atoms with E-state index in [-0.39, 0.29) is 5.91 Å². The van der Waals surface area contributed by atoms with Gasteiger partial charge < -0.3 is 10.5 Å². The number of benzene rings is 2. The van der Waals surface area contributed by atoms with Crippen LogP contribution in [0, 0.1) is 0 Å². The number of rotatable bonds is 3. The number of ether oxygens (including phenoxy) is 1. The van der Waals surface area contributed by atoms with Crippen molar-refractivity contribution in [3.8, 4) is 5.75 Å². The summed E-state index contributed by atoms with van der Waals surface area (Å²) in [6, 6.07) is 16.6. The molecule has 0 fully saturated rings. The molecule has 2 aromatic rings. The smallest absolute Gasteiger partial charge is 0.282 e. The zero-order valence-corrected chi connectivity index (χ0v) is 13.0. The van der Waals surface area contributed by atoms with Gasteiger partial charge in [-0.1, -0.05) is 30.3 Å². The summed E-state index contributed by atoms with van der Waals surface area (Å²) in [5.74, 6) is 0.383. The molecule has 3 rings (SSSR count). The molecular weight excluding hydrogens is 290 g/mol. The first-order valence-corrected chi connectivity index (χ1v) is 7.21. The lowest BCUT2D eigenvalue weighted by atomic mass is 10.0. The lowest BCUT2D eigenvalue weighted by molar-refractivity contribution is -0.114. The van der Waals surface area contributed by atoms with Gasteiger partial charge in [0.15, 0.2) is 0 Å². The summed E-state index contributed by atoms with van der Waals surface area (Å²) in [7, 11) is 1.57. The number of hydrazone groups is 1. The third-order valence-corrected chi connectivity index (χ3v) is 3.69. The Hall–Kier alpha value is -3.08. The van der Waals surface area contributed by atoms with Gasteiger partial charge in [-0.15, -0.1) is 0 Å². The van der Waals surface area contributed by atoms with E-state index in [0.717, 1.165) is 0 Å². The maximum absolute atomic E-state index is 12.8. The second-order valence-corrected chi connectivity index (χ2v) is 5.13. The number of carbonyl (C=O) groups is 1. The van der Waals surface area contributed by atoms with Gasteiger partial charge in [-0.3, -0.25) is 4.79 Å². The third kappa shape index (κ3) is 2.57. The number of hydrogen-bond donors (Lipinski definition) is 1. The number of nitrogens with zero attached hydrogens (tertiary/aromatic N) is 2. The van der Waals surface area contributed by atoms with Gasteiger partial charge in [-0.25, -0.2) is 0 Å². The maximum Gasteiger partial charge on any atom is 0.282 e. The number of anilines is 1. The molecule has 1 aliphatic heterocycles. The molecule has 1 aliphatic rings. The predicted molar refractivity (Wildman–Crippen MR) is 91.1 cm³/mol. The molecule has 2 N–H and O–H groups in total. The Balaban J connectivity index is 2.07. The van der Waals surface area contributed by atoms with Crippen molar-refractivity contribution in [2.75, 3.05) is 12.1 Å². The van der Waals surface area contributed by atoms with Crippen LogP contribution in [0.25, 0.3) is 5.70 Å². The average Bonchev–Trinajstić information content (AvgIpc) is 2.89. The topological polar surface area (TPSA) is 67.9 Å². The van der Waals surface area contributed by atoms with Gasteiger partial charge in [-0.05, 0) is 31.2 Å². The van der Waals surface area contributed by atoms with Crippen LogP contribution >= 0.6 is 0 Å². The third-order valence-electron chi connectivity index (χ3n) is 3.69. The highest BCUT2D eigenvalue weighted by Crippen LogP contribution is 2.30. The van der Waals surface area contributed by atoms with E-state index in [1.807, 2.05) is 54.6 Å². The van der Waals surface area contributed by atoms with E-state index in [1.165, 1.54) is 5.01 Å². The monoisotopic (exact) mass is 307 g/mol. The van der Waals surface area contributed by atoms with Crippen LogP contribution in [0.3, 0.4) is 0 Å². The number of para-hydroxylation sites is 2. The first-order chi connectivity index (χ1) is 11.1. The molecule has 0 radical (unpaired) electrons. The van der Waals surface area contributed by atoms with E-state index >= 15 is 0 Å². The molecule has 23 heavy (non-hydrogen) atoms. The minimum atomic E-state index is -0.239. The fourth-order valence-electron chi connectivity index (χ4n) is 2.56. The summed E-state index contributed by atoms with van der Waals surface area (Å²) in [6.45, 7) is 1.78. The van der Waals surface area contributed by atoms with Crippen LogP contribution in [0.5, 0.6) is 5.75 Å². The Labute approximate surface area is 134 Å². The van der Waals surface area contributed by atoms with Gasteiger partial charge in [0.1, 0.15) is 5.75 Å². The van der Waals surface area contributed by atoms with Crippen molar-refractivity contribution in [3.05, 3.63) is 65.7 Å². The second-order valence-electron chi connectivity index (χ2n) is 5.13. The molecule has 1 amide bonds. The molecule has 0 spiro atoms. The Bertz CT molecular complexity index is 810. The Morgan fingerprint density at radius 2 is 1.74 bits per heavy atom. The normalized spacial score (nSPS) is 16.3. The van der Waals surface area contributed by atoms with Crippen molar-refractivity contribution >= 4 is 23.0 Å². The highest BCUT2D eigenvalue weighted by Gasteiger charge is 2.31. The number of hydrogen-bond acceptors (Lipinski definition) is 4. The summed E-state index contributed by atoms with van der Waals surface area (Å²) >= 11 is 0. The summed E-state index contributed by atoms with van der Waals surface area (Å²) < 4.78 is 5.33. The molecule has 1 heterocycles. The van der Waals surface area contributed by atoms with Crippen molar-refractivity contribution in [2.24, 2.45) is 10.8 Å². The first-order valence-electron chi connectivity index (χ1n) is 7.21. The average molecular weight is 307 g/mol. The standard InChI is InChI=1S/C18H17N3O2/c1-12-16(17(19)14-10-6-7-11-15(14)23-2)18(22)21(20-12)13-8-4-3-5-9-13/h3-11H,19H2,1-2H3. The van der Waals surface area contributed by atoms with Crippen LogP contribution in [0.1, 0.15) is 12.5 Å². The first kappa shape index (κ1) is 14.8. The van der Waals surface area contributed by atoms with Crippen LogP contribution in [0.4, 0.5) is 5.69 Å². The molecule has 0 saturated carbocycles. The quantitative estimate of drug-likeness (QED) is 0.887. The molecule has 5 nitrogen and oxygen atoms in total. The van der Waals surface area contributed by atoms with Gasteiger partial charge in [0.2, 0.25) is 0 Å². The van der Waals surface area contributed by atoms with Crippen LogP contribution in [0.15, 0.2) is 65.3 Å². The lowest BCUT2D eigenvalue weighted by Gasteiger charge is -2.13. The summed E-state index contributed by atoms with van der Waals surface area (Å²) in [5.41, 5.74) is 9.01. The van der Waals surface area contributed by atoms with Crippen LogP contribution in [-0.4, -0.2) is 18.7 Å². The van der Waals surface area contributed by atoms with Crippen molar-refractivity contribution < 1.29 is 9.53 Å². The molecular formula is C18H17N3O2. The van der Waals surface area contributed by atoms with E-state index in [2.05, 4.69) is 5.10 Å². The minimum Gasteiger partial charge on any atom is -0.496 e. The van der Waals surface area contributed by atoms with Crippen molar-refractivity contribution in [1.29, 1.82) is 0 Å². The fourth-order valence-corrected chi connectivity index (χ4v) is 2.56. The molecule has 116 valence electrons. The summed E-state index contributed by atoms with van der Waals surface area (Å²) in [6.07, 6.45) is 0. The van der Waals surface area contributed by atoms with E-state index in [1.54, 1.807) is 14.0 Å². The lowest BCUT2D eigenvalue weighted by Crippen LogP contribution is -2.23.